The molecule has 0 bridgehead atoms. The summed E-state index contributed by atoms with van der Waals surface area (Å²) in [5.41, 5.74) is 0.512. The number of carbonyl (C=O) groups is 2. The number of pyridine rings is 1. The molecule has 2 aromatic rings. The number of likely N-dealkylation sites (N-methyl/N-ethyl adjacent to an activating group) is 1. The maximum atomic E-state index is 13.2. The number of nitrogens with zero attached hydrogens (tertiary/aromatic N) is 8. The fourth-order valence-electron chi connectivity index (χ4n) is 5.71. The molecule has 16 heteroatoms. The molecule has 0 radical (unpaired) electrons. The van der Waals surface area contributed by atoms with Crippen LogP contribution < -0.4 is 15.5 Å². The summed E-state index contributed by atoms with van der Waals surface area (Å²) in [5.74, 6) is -0.716. The number of carbonyl (C=O) groups excluding carboxylic acids is 2. The van der Waals surface area contributed by atoms with Gasteiger partial charge in [-0.25, -0.2) is 4.52 Å². The van der Waals surface area contributed by atoms with Gasteiger partial charge in [-0.15, -0.1) is 5.10 Å². The van der Waals surface area contributed by atoms with Gasteiger partial charge in [-0.2, -0.15) is 23.4 Å². The minimum atomic E-state index is -4.27. The number of piperazine rings is 1. The summed E-state index contributed by atoms with van der Waals surface area (Å²) in [6.07, 6.45) is -0.933. The van der Waals surface area contributed by atoms with Crippen LogP contribution in [0.25, 0.3) is 5.65 Å². The van der Waals surface area contributed by atoms with Gasteiger partial charge in [0, 0.05) is 83.3 Å². The Morgan fingerprint density at radius 2 is 1.93 bits per heavy atom. The van der Waals surface area contributed by atoms with E-state index in [1.54, 1.807) is 21.7 Å². The van der Waals surface area contributed by atoms with Crippen molar-refractivity contribution in [2.75, 3.05) is 76.2 Å². The van der Waals surface area contributed by atoms with Gasteiger partial charge in [-0.1, -0.05) is 0 Å². The highest BCUT2D eigenvalue weighted by molar-refractivity contribution is 5.88. The van der Waals surface area contributed by atoms with Crippen LogP contribution in [-0.4, -0.2) is 119 Å². The van der Waals surface area contributed by atoms with E-state index in [0.29, 0.717) is 30.1 Å². The molecule has 43 heavy (non-hydrogen) atoms. The standard InChI is InChI=1S/C27H34F3N11O2/c1-37-7-9-38(10-8-37)22(42)14-33-13-20(12-32)34-25-35-23-21(3-2-6-41(23)36-25)40-17-26(18-40,4-5-31)24(43)39-15-19(16-39)11-27(28,29)30/h2-3,6,12-13,19,32-33H,4,7-11,14-18H2,1H3,(H,34,36)/b20-13+,32-12?. The van der Waals surface area contributed by atoms with Gasteiger partial charge in [0.25, 0.3) is 0 Å². The molecule has 5 rings (SSSR count). The zero-order valence-electron chi connectivity index (χ0n) is 23.8. The molecule has 0 atom stereocenters. The van der Waals surface area contributed by atoms with Crippen molar-refractivity contribution in [2.45, 2.75) is 19.0 Å². The van der Waals surface area contributed by atoms with Crippen molar-refractivity contribution in [1.82, 2.24) is 34.6 Å². The van der Waals surface area contributed by atoms with Crippen LogP contribution in [0.1, 0.15) is 12.8 Å². The van der Waals surface area contributed by atoms with Gasteiger partial charge in [0.1, 0.15) is 0 Å². The summed E-state index contributed by atoms with van der Waals surface area (Å²) < 4.78 is 39.7. The molecule has 230 valence electrons. The van der Waals surface area contributed by atoms with E-state index < -0.39 is 23.9 Å². The number of nitrogens with one attached hydrogen (secondary N) is 3. The van der Waals surface area contributed by atoms with Gasteiger partial charge < -0.3 is 35.6 Å². The monoisotopic (exact) mass is 601 g/mol. The first-order chi connectivity index (χ1) is 20.5. The molecule has 2 aromatic heterocycles. The number of allylic oxidation sites excluding steroid dienone is 1. The number of likely N-dealkylation sites (tertiary alicyclic amines) is 1. The van der Waals surface area contributed by atoms with E-state index in [9.17, 15) is 28.0 Å². The number of halogens is 3. The van der Waals surface area contributed by atoms with Crippen LogP contribution >= 0.6 is 0 Å². The second kappa shape index (κ2) is 12.1. The van der Waals surface area contributed by atoms with Crippen molar-refractivity contribution in [3.63, 3.8) is 0 Å². The van der Waals surface area contributed by atoms with Gasteiger partial charge in [0.15, 0.2) is 5.65 Å². The molecule has 0 unspecified atom stereocenters. The van der Waals surface area contributed by atoms with Crippen molar-refractivity contribution in [2.24, 2.45) is 11.3 Å². The molecule has 3 aliphatic rings. The molecule has 3 N–H and O–H groups in total. The smallest absolute Gasteiger partial charge is 0.380 e. The number of alkyl halides is 3. The van der Waals surface area contributed by atoms with Gasteiger partial charge in [0.05, 0.1) is 35.8 Å². The number of fused-ring (bicyclic) bond motifs is 1. The predicted octanol–water partition coefficient (Wildman–Crippen LogP) is 1.13. The number of hydrogen-bond acceptors (Lipinski definition) is 10. The maximum absolute atomic E-state index is 13.2. The van der Waals surface area contributed by atoms with Crippen molar-refractivity contribution in [3.8, 4) is 6.07 Å². The predicted molar refractivity (Wildman–Crippen MR) is 151 cm³/mol. The van der Waals surface area contributed by atoms with Crippen LogP contribution in [0.5, 0.6) is 0 Å². The second-order valence-corrected chi connectivity index (χ2v) is 11.4. The van der Waals surface area contributed by atoms with Crippen LogP contribution in [0, 0.1) is 28.1 Å². The lowest BCUT2D eigenvalue weighted by atomic mass is 9.74. The number of rotatable bonds is 10. The molecular weight excluding hydrogens is 567 g/mol. The Bertz CT molecular complexity index is 1430. The molecule has 0 saturated carbocycles. The lowest BCUT2D eigenvalue weighted by molar-refractivity contribution is -0.168. The van der Waals surface area contributed by atoms with Gasteiger partial charge >= 0.3 is 6.18 Å². The average molecular weight is 602 g/mol. The molecule has 2 amide bonds. The Morgan fingerprint density at radius 1 is 1.21 bits per heavy atom. The van der Waals surface area contributed by atoms with Crippen molar-refractivity contribution in [1.29, 1.82) is 10.7 Å². The molecule has 3 saturated heterocycles. The Hall–Kier alpha value is -4.39. The van der Waals surface area contributed by atoms with E-state index >= 15 is 0 Å². The van der Waals surface area contributed by atoms with Gasteiger partial charge in [-0.05, 0) is 19.2 Å². The summed E-state index contributed by atoms with van der Waals surface area (Å²) in [5, 5.41) is 27.5. The highest BCUT2D eigenvalue weighted by Crippen LogP contribution is 2.42. The van der Waals surface area contributed by atoms with E-state index in [-0.39, 0.29) is 56.9 Å². The van der Waals surface area contributed by atoms with E-state index in [1.807, 2.05) is 18.0 Å². The van der Waals surface area contributed by atoms with E-state index in [1.165, 1.54) is 11.1 Å². The third-order valence-electron chi connectivity index (χ3n) is 8.08. The quantitative estimate of drug-likeness (QED) is 0.341. The third kappa shape index (κ3) is 6.66. The summed E-state index contributed by atoms with van der Waals surface area (Å²) in [6, 6.07) is 5.66. The Morgan fingerprint density at radius 3 is 2.58 bits per heavy atom. The SMILES string of the molecule is CN1CCN(C(=O)CN/C=C(\C=N)Nc2nc3c(N4CC(CC#N)(C(=O)N5CC(CC(F)(F)F)C5)C4)cccn3n2)CC1. The van der Waals surface area contributed by atoms with Crippen molar-refractivity contribution >= 4 is 35.3 Å². The lowest BCUT2D eigenvalue weighted by Gasteiger charge is -2.53. The zero-order valence-corrected chi connectivity index (χ0v) is 23.8. The van der Waals surface area contributed by atoms with Crippen molar-refractivity contribution in [3.05, 3.63) is 30.2 Å². The molecule has 5 heterocycles. The summed E-state index contributed by atoms with van der Waals surface area (Å²) >= 11 is 0. The molecule has 3 fully saturated rings. The minimum Gasteiger partial charge on any atom is -0.380 e. The highest BCUT2D eigenvalue weighted by atomic mass is 19.4. The van der Waals surface area contributed by atoms with Gasteiger partial charge in [-0.3, -0.25) is 9.59 Å². The number of amides is 2. The molecule has 13 nitrogen and oxygen atoms in total. The van der Waals surface area contributed by atoms with Gasteiger partial charge in [0.2, 0.25) is 17.8 Å². The normalized spacial score (nSPS) is 19.4. The first-order valence-corrected chi connectivity index (χ1v) is 14.0. The molecule has 0 aromatic carbocycles. The van der Waals surface area contributed by atoms with Crippen molar-refractivity contribution < 1.29 is 22.8 Å². The summed E-state index contributed by atoms with van der Waals surface area (Å²) in [7, 11) is 2.02. The Balaban J connectivity index is 1.20. The van der Waals surface area contributed by atoms with E-state index in [0.717, 1.165) is 19.3 Å². The fourth-order valence-corrected chi connectivity index (χ4v) is 5.71. The third-order valence-corrected chi connectivity index (χ3v) is 8.08. The molecule has 0 spiro atoms. The summed E-state index contributed by atoms with van der Waals surface area (Å²) in [4.78, 5) is 37.5. The number of nitriles is 1. The Kier molecular flexibility index (Phi) is 8.45. The highest BCUT2D eigenvalue weighted by Gasteiger charge is 2.54. The second-order valence-electron chi connectivity index (χ2n) is 11.4. The van der Waals surface area contributed by atoms with Crippen LogP contribution in [0.4, 0.5) is 24.8 Å². The zero-order chi connectivity index (χ0) is 30.8. The Labute approximate surface area is 246 Å². The van der Waals surface area contributed by atoms with E-state index in [4.69, 9.17) is 5.41 Å². The molecular formula is C27H34F3N11O2. The molecule has 0 aliphatic carbocycles. The van der Waals surface area contributed by atoms with Crippen LogP contribution in [0.2, 0.25) is 0 Å². The first-order valence-electron chi connectivity index (χ1n) is 14.0. The maximum Gasteiger partial charge on any atom is 0.389 e. The first kappa shape index (κ1) is 30.1. The largest absolute Gasteiger partial charge is 0.389 e. The topological polar surface area (TPSA) is 149 Å². The number of anilines is 2. The van der Waals surface area contributed by atoms with Crippen LogP contribution in [0.3, 0.4) is 0 Å². The van der Waals surface area contributed by atoms with Crippen LogP contribution in [0.15, 0.2) is 30.2 Å². The van der Waals surface area contributed by atoms with Crippen LogP contribution in [-0.2, 0) is 9.59 Å². The summed E-state index contributed by atoms with van der Waals surface area (Å²) in [6.45, 7) is 3.63. The minimum absolute atomic E-state index is 0.0279. The average Bonchev–Trinajstić information content (AvgIpc) is 3.34. The molecule has 3 aliphatic heterocycles. The van der Waals surface area contributed by atoms with E-state index in [2.05, 4.69) is 31.7 Å². The fraction of sp³-hybridized carbons (Fsp3) is 0.556. The number of aromatic nitrogens is 3. The number of hydrogen-bond donors (Lipinski definition) is 3. The lowest BCUT2D eigenvalue weighted by Crippen LogP contribution is -2.67.